The first kappa shape index (κ1) is 46.4. The Morgan fingerprint density at radius 3 is 2.17 bits per heavy atom. The van der Waals surface area contributed by atoms with E-state index >= 15 is 0 Å². The fourth-order valence-corrected chi connectivity index (χ4v) is 8.52. The number of anilines is 2. The van der Waals surface area contributed by atoms with Crippen molar-refractivity contribution in [1.29, 1.82) is 5.26 Å². The quantitative estimate of drug-likeness (QED) is 0.0479. The molecule has 1 unspecified atom stereocenters. The van der Waals surface area contributed by atoms with Gasteiger partial charge in [-0.05, 0) is 75.0 Å². The van der Waals surface area contributed by atoms with Crippen LogP contribution >= 0.6 is 0 Å². The predicted octanol–water partition coefficient (Wildman–Crippen LogP) is 4.24. The Kier molecular flexibility index (Phi) is 15.7. The van der Waals surface area contributed by atoms with Crippen molar-refractivity contribution in [3.8, 4) is 11.9 Å². The van der Waals surface area contributed by atoms with Crippen molar-refractivity contribution in [1.82, 2.24) is 30.0 Å². The first-order valence-electron chi connectivity index (χ1n) is 22.8. The van der Waals surface area contributed by atoms with E-state index in [1.54, 1.807) is 41.3 Å². The van der Waals surface area contributed by atoms with Gasteiger partial charge in [0.05, 0.1) is 93.6 Å². The molecule has 0 spiro atoms. The lowest BCUT2D eigenvalue weighted by molar-refractivity contribution is -0.136. The maximum atomic E-state index is 13.6. The van der Waals surface area contributed by atoms with Crippen molar-refractivity contribution in [3.63, 3.8) is 0 Å². The molecule has 2 aliphatic heterocycles. The number of imide groups is 2. The van der Waals surface area contributed by atoms with Gasteiger partial charge in [-0.3, -0.25) is 34.2 Å². The minimum atomic E-state index is -1.02. The monoisotopic (exact) mass is 905 g/mol. The lowest BCUT2D eigenvalue weighted by atomic mass is 9.79. The molecule has 19 heteroatoms. The second-order valence-corrected chi connectivity index (χ2v) is 17.0. The van der Waals surface area contributed by atoms with E-state index in [-0.39, 0.29) is 29.8 Å². The first-order valence-corrected chi connectivity index (χ1v) is 22.8. The van der Waals surface area contributed by atoms with Crippen molar-refractivity contribution >= 4 is 51.8 Å². The number of hydrogen-bond donors (Lipinski definition) is 3. The number of carbonyl (C=O) groups excluding carboxylic acids is 5. The van der Waals surface area contributed by atoms with Gasteiger partial charge in [-0.2, -0.15) is 15.0 Å². The van der Waals surface area contributed by atoms with Gasteiger partial charge >= 0.3 is 0 Å². The fraction of sp³-hybridized carbons (Fsp3) is 0.511. The van der Waals surface area contributed by atoms with Gasteiger partial charge in [-0.25, -0.2) is 9.97 Å². The summed E-state index contributed by atoms with van der Waals surface area (Å²) in [5.41, 5.74) is 3.34. The SMILES string of the molecule is N#Cc1cnc2c(cnn2-c2cc(NC3CC3)c(C(=O)CC3CCC(COCCOCCOCCOCCOCCNc4cccc5c4C(=O)N(C4CCC(=O)NC4=O)C5=O)CC3)cn2)c1. The van der Waals surface area contributed by atoms with Gasteiger partial charge in [-0.15, -0.1) is 0 Å². The van der Waals surface area contributed by atoms with Crippen LogP contribution in [0.15, 0.2) is 48.9 Å². The molecular formula is C47H55N9O10. The third-order valence-corrected chi connectivity index (χ3v) is 12.2. The summed E-state index contributed by atoms with van der Waals surface area (Å²) < 4.78 is 30.0. The number of aromatic nitrogens is 4. The number of hydrogen-bond acceptors (Lipinski definition) is 16. The number of fused-ring (bicyclic) bond motifs is 2. The molecule has 1 aromatic carbocycles. The van der Waals surface area contributed by atoms with Crippen LogP contribution < -0.4 is 16.0 Å². The Hall–Kier alpha value is -6.17. The smallest absolute Gasteiger partial charge is 0.264 e. The van der Waals surface area contributed by atoms with Crippen LogP contribution in [0.1, 0.15) is 94.4 Å². The molecule has 3 aromatic heterocycles. The molecule has 66 heavy (non-hydrogen) atoms. The van der Waals surface area contributed by atoms with E-state index in [2.05, 4.69) is 37.1 Å². The van der Waals surface area contributed by atoms with Crippen LogP contribution in [-0.4, -0.2) is 139 Å². The van der Waals surface area contributed by atoms with Crippen LogP contribution in [0.3, 0.4) is 0 Å². The Bertz CT molecular complexity index is 2440. The Labute approximate surface area is 381 Å². The van der Waals surface area contributed by atoms with Gasteiger partial charge in [0.2, 0.25) is 11.8 Å². The molecule has 4 aliphatic rings. The molecule has 348 valence electrons. The molecule has 1 saturated heterocycles. The zero-order valence-corrected chi connectivity index (χ0v) is 36.8. The zero-order chi connectivity index (χ0) is 45.8. The van der Waals surface area contributed by atoms with Crippen molar-refractivity contribution in [2.45, 2.75) is 69.9 Å². The number of piperidine rings is 1. The predicted molar refractivity (Wildman–Crippen MR) is 238 cm³/mol. The molecule has 19 nitrogen and oxygen atoms in total. The topological polar surface area (TPSA) is 238 Å². The second-order valence-electron chi connectivity index (χ2n) is 17.0. The lowest BCUT2D eigenvalue weighted by Gasteiger charge is -2.28. The number of nitrogens with zero attached hydrogens (tertiary/aromatic N) is 6. The average molecular weight is 906 g/mol. The zero-order valence-electron chi connectivity index (χ0n) is 36.8. The third kappa shape index (κ3) is 11.6. The summed E-state index contributed by atoms with van der Waals surface area (Å²) in [6.07, 6.45) is 11.6. The number of amides is 4. The summed E-state index contributed by atoms with van der Waals surface area (Å²) in [6.45, 7) is 4.87. The number of benzene rings is 1. The Morgan fingerprint density at radius 2 is 1.47 bits per heavy atom. The van der Waals surface area contributed by atoms with E-state index in [9.17, 15) is 29.2 Å². The highest BCUT2D eigenvalue weighted by molar-refractivity contribution is 6.25. The van der Waals surface area contributed by atoms with Crippen LogP contribution in [-0.2, 0) is 33.3 Å². The number of pyridine rings is 2. The standard InChI is InChI=1S/C47H55N9O10/c48-25-32-22-33-27-52-56(44(33)51-26-32)41-24-38(53-34-8-9-34)36(28-50-41)40(57)23-30-4-6-31(7-5-30)29-66-21-20-65-19-18-64-17-16-63-15-14-62-13-12-49-37-3-1-2-35-43(37)47(61)55(46(35)60)39-10-11-42(58)54-45(39)59/h1-3,22,24,26-28,30-31,34,39,49H,4-21,23,29H2,(H,50,53)(H,54,58,59). The molecule has 5 heterocycles. The molecule has 8 rings (SSSR count). The second kappa shape index (κ2) is 22.3. The van der Waals surface area contributed by atoms with E-state index < -0.39 is 29.7 Å². The molecular weight excluding hydrogens is 851 g/mol. The number of nitriles is 1. The summed E-state index contributed by atoms with van der Waals surface area (Å²) in [5, 5.41) is 23.3. The van der Waals surface area contributed by atoms with E-state index in [0.717, 1.165) is 54.5 Å². The highest BCUT2D eigenvalue weighted by atomic mass is 16.6. The maximum absolute atomic E-state index is 13.6. The summed E-state index contributed by atoms with van der Waals surface area (Å²) in [4.78, 5) is 73.7. The molecule has 2 aliphatic carbocycles. The van der Waals surface area contributed by atoms with Crippen LogP contribution in [0.5, 0.6) is 0 Å². The van der Waals surface area contributed by atoms with Crippen molar-refractivity contribution in [2.75, 3.05) is 83.2 Å². The van der Waals surface area contributed by atoms with Crippen molar-refractivity contribution in [3.05, 3.63) is 71.2 Å². The largest absolute Gasteiger partial charge is 0.382 e. The summed E-state index contributed by atoms with van der Waals surface area (Å²) in [6, 6.07) is 9.98. The lowest BCUT2D eigenvalue weighted by Crippen LogP contribution is -2.54. The molecule has 0 bridgehead atoms. The molecule has 1 atom stereocenters. The van der Waals surface area contributed by atoms with Crippen molar-refractivity contribution < 1.29 is 47.7 Å². The minimum absolute atomic E-state index is 0.0611. The molecule has 2 saturated carbocycles. The number of ether oxygens (including phenoxy) is 5. The highest BCUT2D eigenvalue weighted by Crippen LogP contribution is 2.35. The third-order valence-electron chi connectivity index (χ3n) is 12.2. The van der Waals surface area contributed by atoms with Gasteiger partial charge in [-0.1, -0.05) is 6.07 Å². The van der Waals surface area contributed by atoms with Gasteiger partial charge in [0.1, 0.15) is 12.1 Å². The number of Topliss-reactive ketones (excluding diaryl/α,β-unsaturated/α-hetero) is 1. The molecule has 0 radical (unpaired) electrons. The molecule has 3 fully saturated rings. The maximum Gasteiger partial charge on any atom is 0.264 e. The number of ketones is 1. The molecule has 4 amide bonds. The van der Waals surface area contributed by atoms with Crippen molar-refractivity contribution in [2.24, 2.45) is 11.8 Å². The summed E-state index contributed by atoms with van der Waals surface area (Å²) >= 11 is 0. The Morgan fingerprint density at radius 1 is 0.773 bits per heavy atom. The van der Waals surface area contributed by atoms with Crippen LogP contribution in [0, 0.1) is 23.2 Å². The van der Waals surface area contributed by atoms with Gasteiger partial charge in [0.25, 0.3) is 11.8 Å². The summed E-state index contributed by atoms with van der Waals surface area (Å²) in [7, 11) is 0. The van der Waals surface area contributed by atoms with E-state index in [1.807, 2.05) is 6.07 Å². The number of rotatable bonds is 25. The van der Waals surface area contributed by atoms with Crippen LogP contribution in [0.25, 0.3) is 16.9 Å². The molecule has 4 aromatic rings. The van der Waals surface area contributed by atoms with E-state index in [0.29, 0.717) is 125 Å². The average Bonchev–Trinajstić information content (AvgIpc) is 3.98. The van der Waals surface area contributed by atoms with Gasteiger partial charge in [0, 0.05) is 61.6 Å². The van der Waals surface area contributed by atoms with Crippen LogP contribution in [0.2, 0.25) is 0 Å². The molecule has 3 N–H and O–H groups in total. The first-order chi connectivity index (χ1) is 32.3. The normalized spacial score (nSPS) is 19.5. The van der Waals surface area contributed by atoms with Gasteiger partial charge < -0.3 is 34.3 Å². The number of nitrogens with one attached hydrogen (secondary N) is 3. The fourth-order valence-electron chi connectivity index (χ4n) is 8.52. The van der Waals surface area contributed by atoms with Crippen LogP contribution in [0.4, 0.5) is 11.4 Å². The highest BCUT2D eigenvalue weighted by Gasteiger charge is 2.45. The summed E-state index contributed by atoms with van der Waals surface area (Å²) in [5.74, 6) is -0.732. The van der Waals surface area contributed by atoms with E-state index in [1.165, 1.54) is 6.20 Å². The number of carbonyl (C=O) groups is 5. The van der Waals surface area contributed by atoms with Gasteiger partial charge in [0.15, 0.2) is 17.2 Å². The van der Waals surface area contributed by atoms with E-state index in [4.69, 9.17) is 23.7 Å². The Balaban J connectivity index is 0.625. The minimum Gasteiger partial charge on any atom is -0.382 e.